The summed E-state index contributed by atoms with van der Waals surface area (Å²) in [5.41, 5.74) is 5.22. The highest BCUT2D eigenvalue weighted by Gasteiger charge is 2.46. The van der Waals surface area contributed by atoms with Crippen LogP contribution in [-0.4, -0.2) is 153 Å². The molecule has 0 atom stereocenters. The molecule has 0 saturated carbocycles. The van der Waals surface area contributed by atoms with Crippen LogP contribution >= 0.6 is 0 Å². The average molecular weight is 1710 g/mol. The van der Waals surface area contributed by atoms with Crippen LogP contribution in [0.3, 0.4) is 0 Å². The number of ether oxygens (including phenoxy) is 5. The molecular formula is C80H70F11N13O14S2. The SMILES string of the molecule is CCS(=O)(=O)c1ccc(CNC(=O)c2ccc3c(c2)nc(C(F)(F)F)n3Cc2cc(OC)cc(OC)c2)nc1.COC(=O)CS(=O)(=O)N1CCC(CNC(=O)c2ccc3c(c2)nc(C(F)(F)F)n3Cc2cccc3[nH]ncc23)CC1.O=C(NCc1ccc2c(c1)CC=CC2=O)c1ccc2c(c1)nc(C(F)(F)F)n2Cc1cccc2c1OC(F)(F)O2. The molecule has 1 aliphatic carbocycles. The molecule has 12 aromatic rings. The lowest BCUT2D eigenvalue weighted by Gasteiger charge is -2.31. The lowest BCUT2D eigenvalue weighted by molar-refractivity contribution is -0.287. The zero-order chi connectivity index (χ0) is 86.0. The molecule has 7 heterocycles. The van der Waals surface area contributed by atoms with Crippen LogP contribution in [0.15, 0.2) is 169 Å². The number of fused-ring (bicyclic) bond motifs is 6. The van der Waals surface area contributed by atoms with Crippen molar-refractivity contribution >= 4 is 93.3 Å². The molecule has 0 unspecified atom stereocenters. The van der Waals surface area contributed by atoms with Gasteiger partial charge in [0.2, 0.25) is 27.5 Å². The van der Waals surface area contributed by atoms with Gasteiger partial charge in [-0.25, -0.2) is 36.1 Å². The van der Waals surface area contributed by atoms with Gasteiger partial charge < -0.3 is 53.3 Å². The minimum Gasteiger partial charge on any atom is -0.497 e. The number of sulfonamides is 1. The number of carbonyl (C=O) groups is 5. The molecule has 15 rings (SSSR count). The number of alkyl halides is 11. The Morgan fingerprint density at radius 3 is 1.68 bits per heavy atom. The molecule has 4 N–H and O–H groups in total. The Labute approximate surface area is 674 Å². The fourth-order valence-corrected chi connectivity index (χ4v) is 15.9. The molecule has 5 aromatic heterocycles. The summed E-state index contributed by atoms with van der Waals surface area (Å²) in [6.07, 6.45) is -10.7. The predicted molar refractivity (Wildman–Crippen MR) is 410 cm³/mol. The molecule has 40 heteroatoms. The number of halogens is 11. The van der Waals surface area contributed by atoms with Gasteiger partial charge in [0.05, 0.1) is 102 Å². The van der Waals surface area contributed by atoms with Crippen LogP contribution in [-0.2, 0) is 87.1 Å². The molecule has 0 spiro atoms. The van der Waals surface area contributed by atoms with Crippen molar-refractivity contribution in [3.05, 3.63) is 237 Å². The number of allylic oxidation sites excluding steroid dienone is 2. The van der Waals surface area contributed by atoms with Gasteiger partial charge in [0, 0.05) is 78.2 Å². The third kappa shape index (κ3) is 19.1. The van der Waals surface area contributed by atoms with Gasteiger partial charge in [-0.3, -0.25) is 34.1 Å². The van der Waals surface area contributed by atoms with Crippen molar-refractivity contribution in [2.75, 3.05) is 52.5 Å². The maximum atomic E-state index is 14.0. The standard InChI is InChI=1S/C28H18F5N3O4.C26H27F3N6O5S.C26H25F3N4O5S/c29-27(30,31)26-35-20-12-17(25(38)34-13-15-7-9-19-16(11-15)3-1-5-22(19)37)8-10-21(20)36(26)14-18-4-2-6-23-24(18)40-28(32,33)39-23;1-40-23(36)15-41(38,39)34-9-7-16(8-10-34)12-30-24(37)17-5-6-22-21(11-17)32-25(26(27,28)29)35(22)14-18-3-2-4-20-19(18)13-31-33-20;1-4-39(35,36)21-7-6-18(30-14-21)13-31-24(34)17-5-8-23-22(11-17)32-25(26(27,28)29)33(23)15-16-9-19(37-2)12-20(10-16)38-3/h1-2,4-12H,3,13-14H2,(H,34,38);2-6,11,13,16H,7-10,12,14-15H2,1H3,(H,30,37)(H,31,33);5-12,14H,4,13,15H2,1-3H3,(H,31,34). The predicted octanol–water partition coefficient (Wildman–Crippen LogP) is 12.8. The zero-order valence-electron chi connectivity index (χ0n) is 63.6. The van der Waals surface area contributed by atoms with Gasteiger partial charge in [-0.05, 0) is 145 Å². The van der Waals surface area contributed by atoms with E-state index in [0.717, 1.165) is 31.9 Å². The maximum Gasteiger partial charge on any atom is 0.586 e. The zero-order valence-corrected chi connectivity index (χ0v) is 65.2. The number of nitrogens with one attached hydrogen (secondary N) is 4. The largest absolute Gasteiger partial charge is 0.586 e. The number of carbonyl (C=O) groups excluding carboxylic acids is 5. The van der Waals surface area contributed by atoms with E-state index in [4.69, 9.17) is 9.47 Å². The lowest BCUT2D eigenvalue weighted by Crippen LogP contribution is -2.43. The number of hydrogen-bond donors (Lipinski definition) is 4. The van der Waals surface area contributed by atoms with E-state index in [1.807, 2.05) is 6.07 Å². The molecule has 0 bridgehead atoms. The van der Waals surface area contributed by atoms with Crippen molar-refractivity contribution in [1.82, 2.24) is 64.1 Å². The fraction of sp³-hybridized carbons (Fsp3) is 0.275. The number of amides is 3. The fourth-order valence-electron chi connectivity index (χ4n) is 13.7. The average Bonchev–Trinajstić information content (AvgIpc) is 1.62. The van der Waals surface area contributed by atoms with Gasteiger partial charge in [0.15, 0.2) is 32.9 Å². The number of aromatic amines is 1. The molecule has 0 radical (unpaired) electrons. The number of sulfone groups is 1. The van der Waals surface area contributed by atoms with Gasteiger partial charge in [-0.15, -0.1) is 8.78 Å². The number of aromatic nitrogens is 9. The topological polar surface area (TPSA) is 334 Å². The number of imidazole rings is 3. The Kier molecular flexibility index (Phi) is 24.3. The number of pyridine rings is 1. The van der Waals surface area contributed by atoms with Crippen LogP contribution in [0.4, 0.5) is 48.3 Å². The minimum absolute atomic E-state index is 0.00270. The molecule has 27 nitrogen and oxygen atoms in total. The molecule has 2 aliphatic heterocycles. The molecule has 3 amide bonds. The number of methoxy groups -OCH3 is 3. The number of H-pyrrole nitrogens is 1. The van der Waals surface area contributed by atoms with Crippen LogP contribution in [0.2, 0.25) is 0 Å². The highest BCUT2D eigenvalue weighted by atomic mass is 32.2. The highest BCUT2D eigenvalue weighted by molar-refractivity contribution is 7.91. The van der Waals surface area contributed by atoms with Gasteiger partial charge in [0.1, 0.15) is 11.5 Å². The Hall–Kier alpha value is -12.9. The van der Waals surface area contributed by atoms with E-state index in [9.17, 15) is 89.1 Å². The Bertz CT molecular complexity index is 6220. The lowest BCUT2D eigenvalue weighted by atomic mass is 9.94. The van der Waals surface area contributed by atoms with Crippen molar-refractivity contribution in [3.8, 4) is 23.0 Å². The number of benzene rings is 7. The summed E-state index contributed by atoms with van der Waals surface area (Å²) in [4.78, 5) is 77.3. The van der Waals surface area contributed by atoms with Crippen molar-refractivity contribution in [2.45, 2.75) is 88.6 Å². The highest BCUT2D eigenvalue weighted by Crippen LogP contribution is 2.45. The second-order valence-electron chi connectivity index (χ2n) is 27.7. The van der Waals surface area contributed by atoms with E-state index in [1.165, 1.54) is 123 Å². The summed E-state index contributed by atoms with van der Waals surface area (Å²) in [6.45, 7) is 1.57. The van der Waals surface area contributed by atoms with Crippen molar-refractivity contribution < 1.29 is 113 Å². The maximum absolute atomic E-state index is 14.0. The van der Waals surface area contributed by atoms with Crippen LogP contribution in [0.1, 0.15) is 112 Å². The Morgan fingerprint density at radius 1 is 0.600 bits per heavy atom. The van der Waals surface area contributed by atoms with E-state index in [1.54, 1.807) is 60.8 Å². The number of ketones is 1. The first-order valence-electron chi connectivity index (χ1n) is 36.5. The van der Waals surface area contributed by atoms with Gasteiger partial charge in [-0.2, -0.15) is 44.6 Å². The van der Waals surface area contributed by atoms with Crippen molar-refractivity contribution in [2.24, 2.45) is 5.92 Å². The number of hydrogen-bond acceptors (Lipinski definition) is 19. The van der Waals surface area contributed by atoms with Gasteiger partial charge >= 0.3 is 30.8 Å². The summed E-state index contributed by atoms with van der Waals surface area (Å²) in [7, 11) is -3.17. The van der Waals surface area contributed by atoms with E-state index in [2.05, 4.69) is 60.3 Å². The second-order valence-corrected chi connectivity index (χ2v) is 31.9. The second kappa shape index (κ2) is 34.2. The first-order valence-corrected chi connectivity index (χ1v) is 39.8. The Balaban J connectivity index is 0.000000156. The number of piperidine rings is 1. The first kappa shape index (κ1) is 85.0. The van der Waals surface area contributed by atoms with Crippen LogP contribution in [0, 0.1) is 5.92 Å². The summed E-state index contributed by atoms with van der Waals surface area (Å²) in [5.74, 6) is -6.51. The van der Waals surface area contributed by atoms with E-state index in [0.29, 0.717) is 64.0 Å². The number of para-hydroxylation sites is 1. The van der Waals surface area contributed by atoms with Gasteiger partial charge in [-0.1, -0.05) is 55.5 Å². The molecular weight excluding hydrogens is 1640 g/mol. The van der Waals surface area contributed by atoms with Crippen LogP contribution in [0.25, 0.3) is 44.0 Å². The summed E-state index contributed by atoms with van der Waals surface area (Å²) in [6, 6.07) is 34.4. The molecule has 3 aliphatic rings. The first-order chi connectivity index (χ1) is 56.9. The minimum atomic E-state index is -4.87. The third-order valence-corrected chi connectivity index (χ3v) is 23.3. The van der Waals surface area contributed by atoms with Gasteiger partial charge in [0.25, 0.3) is 17.7 Å². The molecule has 1 fully saturated rings. The molecule has 7 aromatic carbocycles. The van der Waals surface area contributed by atoms with Crippen LogP contribution < -0.4 is 34.9 Å². The number of rotatable bonds is 22. The van der Waals surface area contributed by atoms with E-state index < -0.39 is 98.1 Å². The summed E-state index contributed by atoms with van der Waals surface area (Å²) >= 11 is 0. The van der Waals surface area contributed by atoms with E-state index >= 15 is 0 Å². The normalized spacial score (nSPS) is 14.3. The van der Waals surface area contributed by atoms with Crippen molar-refractivity contribution in [1.29, 1.82) is 0 Å². The van der Waals surface area contributed by atoms with Crippen molar-refractivity contribution in [3.63, 3.8) is 0 Å². The molecule has 120 heavy (non-hydrogen) atoms. The number of nitrogens with zero attached hydrogens (tertiary/aromatic N) is 9. The van der Waals surface area contributed by atoms with Crippen LogP contribution in [0.5, 0.6) is 23.0 Å². The molecule has 628 valence electrons. The monoisotopic (exact) mass is 1710 g/mol. The van der Waals surface area contributed by atoms with E-state index in [-0.39, 0.29) is 135 Å². The molecule has 1 saturated heterocycles. The summed E-state index contributed by atoms with van der Waals surface area (Å²) < 4.78 is 229. The Morgan fingerprint density at radius 2 is 1.14 bits per heavy atom. The quantitative estimate of drug-likeness (QED) is 0.0362. The smallest absolute Gasteiger partial charge is 0.497 e. The summed E-state index contributed by atoms with van der Waals surface area (Å²) in [5, 5.41) is 15.6. The third-order valence-electron chi connectivity index (χ3n) is 19.8. The number of esters is 1.